The summed E-state index contributed by atoms with van der Waals surface area (Å²) in [5.41, 5.74) is 0. The second-order valence-corrected chi connectivity index (χ2v) is 9.25. The van der Waals surface area contributed by atoms with E-state index in [1.54, 1.807) is 8.61 Å². The molecule has 5 nitrogen and oxygen atoms in total. The predicted octanol–water partition coefficient (Wildman–Crippen LogP) is 3.10. The minimum Gasteiger partial charge on any atom is -0.464 e. The summed E-state index contributed by atoms with van der Waals surface area (Å²) in [5, 5.41) is 0. The van der Waals surface area contributed by atoms with Gasteiger partial charge in [0, 0.05) is 25.0 Å². The zero-order chi connectivity index (χ0) is 16.0. The topological polar surface area (TPSA) is 53.8 Å². The normalized spacial score (nSPS) is 29.1. The Kier molecular flexibility index (Phi) is 4.02. The lowest BCUT2D eigenvalue weighted by atomic mass is 10.2. The number of nitrogens with zero attached hydrogens (tertiary/aromatic N) is 2. The van der Waals surface area contributed by atoms with Crippen LogP contribution >= 0.6 is 0 Å². The van der Waals surface area contributed by atoms with Crippen LogP contribution in [0.5, 0.6) is 0 Å². The first-order valence-corrected chi connectivity index (χ1v) is 10.3. The van der Waals surface area contributed by atoms with Crippen molar-refractivity contribution in [1.82, 2.24) is 8.61 Å². The molecular weight excluding hydrogens is 312 g/mol. The van der Waals surface area contributed by atoms with Gasteiger partial charge in [0.15, 0.2) is 0 Å². The zero-order valence-electron chi connectivity index (χ0n) is 13.8. The lowest BCUT2D eigenvalue weighted by Crippen LogP contribution is -2.46. The molecule has 3 aliphatic rings. The Labute approximate surface area is 138 Å². The van der Waals surface area contributed by atoms with Crippen molar-refractivity contribution in [3.05, 3.63) is 23.7 Å². The van der Waals surface area contributed by atoms with Crippen molar-refractivity contribution < 1.29 is 12.8 Å². The van der Waals surface area contributed by atoms with E-state index in [1.165, 1.54) is 6.42 Å². The van der Waals surface area contributed by atoms with Gasteiger partial charge in [0.25, 0.3) is 10.2 Å². The highest BCUT2D eigenvalue weighted by Gasteiger charge is 2.42. The molecule has 0 radical (unpaired) electrons. The van der Waals surface area contributed by atoms with Crippen LogP contribution in [0.15, 0.2) is 16.5 Å². The highest BCUT2D eigenvalue weighted by atomic mass is 32.2. The standard InChI is InChI=1S/C17H26N2O3S/c1-13-11-16(13)17-8-7-15(22-17)12-19(14-5-6-14)23(20,21)18-9-3-2-4-10-18/h7-8,13-14,16H,2-6,9-12H2,1H3/t13-,16+/m1/s1. The van der Waals surface area contributed by atoms with E-state index in [1.807, 2.05) is 12.1 Å². The van der Waals surface area contributed by atoms with Crippen molar-refractivity contribution in [3.8, 4) is 0 Å². The van der Waals surface area contributed by atoms with E-state index in [0.29, 0.717) is 31.5 Å². The summed E-state index contributed by atoms with van der Waals surface area (Å²) in [6, 6.07) is 4.15. The molecule has 0 aromatic carbocycles. The molecule has 1 aromatic rings. The molecule has 0 amide bonds. The summed E-state index contributed by atoms with van der Waals surface area (Å²) in [7, 11) is -3.36. The van der Waals surface area contributed by atoms with Gasteiger partial charge in [0.05, 0.1) is 6.54 Å². The van der Waals surface area contributed by atoms with Crippen LogP contribution in [0.25, 0.3) is 0 Å². The Morgan fingerprint density at radius 2 is 1.91 bits per heavy atom. The molecule has 1 saturated heterocycles. The zero-order valence-corrected chi connectivity index (χ0v) is 14.6. The van der Waals surface area contributed by atoms with Gasteiger partial charge in [-0.1, -0.05) is 13.3 Å². The van der Waals surface area contributed by atoms with Crippen molar-refractivity contribution in [2.24, 2.45) is 5.92 Å². The minimum absolute atomic E-state index is 0.162. The molecular formula is C17H26N2O3S. The molecule has 128 valence electrons. The Morgan fingerprint density at radius 3 is 2.52 bits per heavy atom. The fraction of sp³-hybridized carbons (Fsp3) is 0.765. The second-order valence-electron chi connectivity index (χ2n) is 7.37. The summed E-state index contributed by atoms with van der Waals surface area (Å²) < 4.78 is 35.3. The third kappa shape index (κ3) is 3.21. The van der Waals surface area contributed by atoms with Crippen LogP contribution in [0.4, 0.5) is 0 Å². The highest BCUT2D eigenvalue weighted by Crippen LogP contribution is 2.47. The quantitative estimate of drug-likeness (QED) is 0.801. The van der Waals surface area contributed by atoms with Crippen LogP contribution in [0, 0.1) is 5.92 Å². The molecule has 4 rings (SSSR count). The second kappa shape index (κ2) is 5.90. The Bertz CT molecular complexity index is 659. The van der Waals surface area contributed by atoms with E-state index in [0.717, 1.165) is 43.6 Å². The number of rotatable bonds is 6. The Morgan fingerprint density at radius 1 is 1.22 bits per heavy atom. The monoisotopic (exact) mass is 338 g/mol. The summed E-state index contributed by atoms with van der Waals surface area (Å²) >= 11 is 0. The third-order valence-electron chi connectivity index (χ3n) is 5.36. The molecule has 2 heterocycles. The smallest absolute Gasteiger partial charge is 0.282 e. The fourth-order valence-electron chi connectivity index (χ4n) is 3.56. The average Bonchev–Trinajstić information content (AvgIpc) is 3.47. The first kappa shape index (κ1) is 15.7. The lowest BCUT2D eigenvalue weighted by Gasteiger charge is -2.31. The van der Waals surface area contributed by atoms with Crippen molar-refractivity contribution in [2.75, 3.05) is 13.1 Å². The Balaban J connectivity index is 1.50. The first-order chi connectivity index (χ1) is 11.1. The fourth-order valence-corrected chi connectivity index (χ4v) is 5.45. The molecule has 1 aromatic heterocycles. The molecule has 2 aliphatic carbocycles. The number of piperidine rings is 1. The van der Waals surface area contributed by atoms with Crippen LogP contribution in [-0.4, -0.2) is 36.2 Å². The van der Waals surface area contributed by atoms with Crippen molar-refractivity contribution >= 4 is 10.2 Å². The third-order valence-corrected chi connectivity index (χ3v) is 7.40. The van der Waals surface area contributed by atoms with E-state index in [9.17, 15) is 8.42 Å². The molecule has 23 heavy (non-hydrogen) atoms. The number of hydrogen-bond acceptors (Lipinski definition) is 3. The van der Waals surface area contributed by atoms with Crippen molar-refractivity contribution in [1.29, 1.82) is 0 Å². The number of furan rings is 1. The predicted molar refractivity (Wildman–Crippen MR) is 88.1 cm³/mol. The SMILES string of the molecule is C[C@@H]1C[C@@H]1c1ccc(CN(C2CC2)S(=O)(=O)N2CCCCC2)o1. The maximum atomic E-state index is 13.0. The van der Waals surface area contributed by atoms with Crippen LogP contribution < -0.4 is 0 Å². The van der Waals surface area contributed by atoms with E-state index in [2.05, 4.69) is 6.92 Å². The van der Waals surface area contributed by atoms with Gasteiger partial charge < -0.3 is 4.42 Å². The van der Waals surface area contributed by atoms with Gasteiger partial charge in [-0.15, -0.1) is 0 Å². The minimum atomic E-state index is -3.36. The van der Waals surface area contributed by atoms with Gasteiger partial charge in [-0.25, -0.2) is 0 Å². The first-order valence-electron chi connectivity index (χ1n) is 8.91. The molecule has 0 unspecified atom stereocenters. The molecule has 3 fully saturated rings. The van der Waals surface area contributed by atoms with Gasteiger partial charge in [0.1, 0.15) is 11.5 Å². The molecule has 6 heteroatoms. The summed E-state index contributed by atoms with van der Waals surface area (Å²) in [5.74, 6) is 3.05. The lowest BCUT2D eigenvalue weighted by molar-refractivity contribution is 0.283. The molecule has 0 N–H and O–H groups in total. The van der Waals surface area contributed by atoms with Crippen LogP contribution in [0.2, 0.25) is 0 Å². The van der Waals surface area contributed by atoms with Crippen LogP contribution in [0.1, 0.15) is 62.9 Å². The van der Waals surface area contributed by atoms with E-state index in [4.69, 9.17) is 4.42 Å². The van der Waals surface area contributed by atoms with Crippen LogP contribution in [-0.2, 0) is 16.8 Å². The summed E-state index contributed by atoms with van der Waals surface area (Å²) in [6.07, 6.45) is 6.22. The number of hydrogen-bond donors (Lipinski definition) is 0. The largest absolute Gasteiger partial charge is 0.464 e. The van der Waals surface area contributed by atoms with Gasteiger partial charge in [0.2, 0.25) is 0 Å². The van der Waals surface area contributed by atoms with E-state index in [-0.39, 0.29) is 6.04 Å². The molecule has 0 bridgehead atoms. The molecule has 2 saturated carbocycles. The maximum Gasteiger partial charge on any atom is 0.282 e. The molecule has 0 spiro atoms. The van der Waals surface area contributed by atoms with E-state index < -0.39 is 10.2 Å². The van der Waals surface area contributed by atoms with Crippen molar-refractivity contribution in [2.45, 2.75) is 64.0 Å². The van der Waals surface area contributed by atoms with Gasteiger partial charge >= 0.3 is 0 Å². The summed E-state index contributed by atoms with van der Waals surface area (Å²) in [6.45, 7) is 3.93. The van der Waals surface area contributed by atoms with Gasteiger partial charge in [-0.2, -0.15) is 17.0 Å². The summed E-state index contributed by atoms with van der Waals surface area (Å²) in [4.78, 5) is 0. The maximum absolute atomic E-state index is 13.0. The van der Waals surface area contributed by atoms with Crippen molar-refractivity contribution in [3.63, 3.8) is 0 Å². The van der Waals surface area contributed by atoms with Gasteiger partial charge in [-0.05, 0) is 50.2 Å². The molecule has 2 atom stereocenters. The highest BCUT2D eigenvalue weighted by molar-refractivity contribution is 7.86. The van der Waals surface area contributed by atoms with Gasteiger partial charge in [-0.3, -0.25) is 0 Å². The Hall–Kier alpha value is -0.850. The average molecular weight is 338 g/mol. The van der Waals surface area contributed by atoms with Crippen LogP contribution in [0.3, 0.4) is 0 Å². The molecule has 1 aliphatic heterocycles. The van der Waals surface area contributed by atoms with E-state index >= 15 is 0 Å².